The molecule has 1 atom stereocenters. The fourth-order valence-corrected chi connectivity index (χ4v) is 1.22. The van der Waals surface area contributed by atoms with E-state index in [9.17, 15) is 4.79 Å². The van der Waals surface area contributed by atoms with Gasteiger partial charge in [0.1, 0.15) is 5.75 Å². The minimum absolute atomic E-state index is 0.0109. The van der Waals surface area contributed by atoms with Crippen LogP contribution in [0.25, 0.3) is 0 Å². The van der Waals surface area contributed by atoms with Crippen molar-refractivity contribution in [2.75, 3.05) is 19.0 Å². The highest BCUT2D eigenvalue weighted by Gasteiger charge is 2.16. The van der Waals surface area contributed by atoms with E-state index in [1.807, 2.05) is 0 Å². The van der Waals surface area contributed by atoms with Crippen LogP contribution in [0.15, 0.2) is 24.3 Å². The molecule has 0 fully saturated rings. The zero-order valence-corrected chi connectivity index (χ0v) is 9.19. The number of aromatic hydroxyl groups is 1. The molecule has 1 amide bonds. The van der Waals surface area contributed by atoms with E-state index in [-0.39, 0.29) is 17.7 Å². The number of nitrogens with zero attached hydrogens (tertiary/aromatic N) is 1. The third-order valence-electron chi connectivity index (χ3n) is 2.37. The molecule has 2 N–H and O–H groups in total. The Morgan fingerprint density at radius 3 is 2.40 bits per heavy atom. The molecule has 4 heteroatoms. The maximum atomic E-state index is 11.8. The SMILES string of the molecule is CNC(C)C(=O)N(C)c1ccc(O)cc1. The van der Waals surface area contributed by atoms with E-state index < -0.39 is 0 Å². The Morgan fingerprint density at radius 2 is 1.93 bits per heavy atom. The van der Waals surface area contributed by atoms with E-state index >= 15 is 0 Å². The fourth-order valence-electron chi connectivity index (χ4n) is 1.22. The zero-order chi connectivity index (χ0) is 11.4. The monoisotopic (exact) mass is 208 g/mol. The fraction of sp³-hybridized carbons (Fsp3) is 0.364. The smallest absolute Gasteiger partial charge is 0.243 e. The van der Waals surface area contributed by atoms with E-state index in [4.69, 9.17) is 5.11 Å². The number of phenols is 1. The average Bonchev–Trinajstić information content (AvgIpc) is 2.27. The van der Waals surface area contributed by atoms with Crippen molar-refractivity contribution in [3.8, 4) is 5.75 Å². The van der Waals surface area contributed by atoms with Crippen molar-refractivity contribution in [1.29, 1.82) is 0 Å². The summed E-state index contributed by atoms with van der Waals surface area (Å²) in [6.07, 6.45) is 0. The van der Waals surface area contributed by atoms with Crippen molar-refractivity contribution in [2.24, 2.45) is 0 Å². The standard InChI is InChI=1S/C11H16N2O2/c1-8(12-2)11(15)13(3)9-4-6-10(14)7-5-9/h4-8,12,14H,1-3H3. The van der Waals surface area contributed by atoms with Crippen molar-refractivity contribution in [3.63, 3.8) is 0 Å². The molecule has 0 heterocycles. The lowest BCUT2D eigenvalue weighted by Crippen LogP contribution is -2.41. The Balaban J connectivity index is 2.80. The molecule has 0 radical (unpaired) electrons. The predicted molar refractivity (Wildman–Crippen MR) is 60.0 cm³/mol. The Labute approximate surface area is 89.5 Å². The molecule has 1 aromatic rings. The van der Waals surface area contributed by atoms with Gasteiger partial charge in [-0.05, 0) is 38.2 Å². The Kier molecular flexibility index (Phi) is 3.68. The Bertz CT molecular complexity index is 335. The number of phenolic OH excluding ortho intramolecular Hbond substituents is 1. The maximum absolute atomic E-state index is 11.8. The second-order valence-electron chi connectivity index (χ2n) is 3.42. The number of nitrogens with one attached hydrogen (secondary N) is 1. The molecular weight excluding hydrogens is 192 g/mol. The van der Waals surface area contributed by atoms with Gasteiger partial charge < -0.3 is 15.3 Å². The van der Waals surface area contributed by atoms with Crippen LogP contribution in [0.2, 0.25) is 0 Å². The van der Waals surface area contributed by atoms with Crippen molar-refractivity contribution in [1.82, 2.24) is 5.32 Å². The molecule has 1 unspecified atom stereocenters. The number of anilines is 1. The molecule has 82 valence electrons. The molecule has 0 aliphatic rings. The second kappa shape index (κ2) is 4.79. The molecule has 1 aromatic carbocycles. The number of benzene rings is 1. The number of likely N-dealkylation sites (N-methyl/N-ethyl adjacent to an activating group) is 2. The molecule has 0 saturated heterocycles. The highest BCUT2D eigenvalue weighted by Crippen LogP contribution is 2.17. The first-order chi connectivity index (χ1) is 7.06. The first-order valence-electron chi connectivity index (χ1n) is 4.80. The van der Waals surface area contributed by atoms with Crippen LogP contribution >= 0.6 is 0 Å². The minimum Gasteiger partial charge on any atom is -0.508 e. The maximum Gasteiger partial charge on any atom is 0.243 e. The van der Waals surface area contributed by atoms with E-state index in [2.05, 4.69) is 5.32 Å². The highest BCUT2D eigenvalue weighted by molar-refractivity contribution is 5.96. The third-order valence-corrected chi connectivity index (χ3v) is 2.37. The van der Waals surface area contributed by atoms with E-state index in [0.717, 1.165) is 5.69 Å². The van der Waals surface area contributed by atoms with Crippen LogP contribution in [0, 0.1) is 0 Å². The molecule has 0 aromatic heterocycles. The Morgan fingerprint density at radius 1 is 1.40 bits per heavy atom. The molecule has 0 aliphatic carbocycles. The first-order valence-corrected chi connectivity index (χ1v) is 4.80. The van der Waals surface area contributed by atoms with Crippen LogP contribution in [0.4, 0.5) is 5.69 Å². The van der Waals surface area contributed by atoms with Crippen LogP contribution < -0.4 is 10.2 Å². The Hall–Kier alpha value is -1.55. The highest BCUT2D eigenvalue weighted by atomic mass is 16.3. The van der Waals surface area contributed by atoms with Gasteiger partial charge in [-0.3, -0.25) is 4.79 Å². The number of hydrogen-bond acceptors (Lipinski definition) is 3. The van der Waals surface area contributed by atoms with Crippen LogP contribution in [0.5, 0.6) is 5.75 Å². The molecule has 15 heavy (non-hydrogen) atoms. The molecule has 0 aliphatic heterocycles. The quantitative estimate of drug-likeness (QED) is 0.778. The first kappa shape index (κ1) is 11.5. The van der Waals surface area contributed by atoms with Crippen molar-refractivity contribution in [3.05, 3.63) is 24.3 Å². The summed E-state index contributed by atoms with van der Waals surface area (Å²) in [4.78, 5) is 13.3. The van der Waals surface area contributed by atoms with Gasteiger partial charge in [0, 0.05) is 12.7 Å². The largest absolute Gasteiger partial charge is 0.508 e. The third kappa shape index (κ3) is 2.70. The van der Waals surface area contributed by atoms with Gasteiger partial charge in [0.25, 0.3) is 0 Å². The summed E-state index contributed by atoms with van der Waals surface area (Å²) in [6.45, 7) is 1.80. The summed E-state index contributed by atoms with van der Waals surface area (Å²) in [5, 5.41) is 12.0. The predicted octanol–water partition coefficient (Wildman–Crippen LogP) is 0.963. The lowest BCUT2D eigenvalue weighted by molar-refractivity contribution is -0.119. The summed E-state index contributed by atoms with van der Waals surface area (Å²) in [7, 11) is 3.45. The molecule has 1 rings (SSSR count). The molecule has 4 nitrogen and oxygen atoms in total. The molecular formula is C11H16N2O2. The van der Waals surface area contributed by atoms with Gasteiger partial charge in [-0.1, -0.05) is 0 Å². The van der Waals surface area contributed by atoms with Gasteiger partial charge in [-0.2, -0.15) is 0 Å². The molecule has 0 bridgehead atoms. The van der Waals surface area contributed by atoms with Crippen LogP contribution in [0.3, 0.4) is 0 Å². The normalized spacial score (nSPS) is 12.2. The lowest BCUT2D eigenvalue weighted by Gasteiger charge is -2.21. The summed E-state index contributed by atoms with van der Waals surface area (Å²) >= 11 is 0. The summed E-state index contributed by atoms with van der Waals surface area (Å²) in [5.74, 6) is 0.185. The number of amides is 1. The van der Waals surface area contributed by atoms with Crippen LogP contribution in [-0.4, -0.2) is 31.2 Å². The van der Waals surface area contributed by atoms with Gasteiger partial charge in [-0.15, -0.1) is 0 Å². The van der Waals surface area contributed by atoms with Crippen molar-refractivity contribution in [2.45, 2.75) is 13.0 Å². The van der Waals surface area contributed by atoms with E-state index in [0.29, 0.717) is 0 Å². The molecule has 0 spiro atoms. The number of hydrogen-bond donors (Lipinski definition) is 2. The van der Waals surface area contributed by atoms with E-state index in [1.54, 1.807) is 50.2 Å². The molecule has 0 saturated carbocycles. The van der Waals surface area contributed by atoms with Gasteiger partial charge >= 0.3 is 0 Å². The zero-order valence-electron chi connectivity index (χ0n) is 9.19. The van der Waals surface area contributed by atoms with Crippen molar-refractivity contribution < 1.29 is 9.90 Å². The van der Waals surface area contributed by atoms with Gasteiger partial charge in [0.2, 0.25) is 5.91 Å². The number of carbonyl (C=O) groups is 1. The summed E-state index contributed by atoms with van der Waals surface area (Å²) < 4.78 is 0. The van der Waals surface area contributed by atoms with E-state index in [1.165, 1.54) is 0 Å². The lowest BCUT2D eigenvalue weighted by atomic mass is 10.2. The second-order valence-corrected chi connectivity index (χ2v) is 3.42. The van der Waals surface area contributed by atoms with Crippen molar-refractivity contribution >= 4 is 11.6 Å². The van der Waals surface area contributed by atoms with Crippen LogP contribution in [0.1, 0.15) is 6.92 Å². The average molecular weight is 208 g/mol. The topological polar surface area (TPSA) is 52.6 Å². The van der Waals surface area contributed by atoms with Crippen LogP contribution in [-0.2, 0) is 4.79 Å². The minimum atomic E-state index is -0.219. The summed E-state index contributed by atoms with van der Waals surface area (Å²) in [5.41, 5.74) is 0.764. The number of carbonyl (C=O) groups excluding carboxylic acids is 1. The van der Waals surface area contributed by atoms with Gasteiger partial charge in [-0.25, -0.2) is 0 Å². The van der Waals surface area contributed by atoms with Gasteiger partial charge in [0.05, 0.1) is 6.04 Å². The number of rotatable bonds is 3. The van der Waals surface area contributed by atoms with Gasteiger partial charge in [0.15, 0.2) is 0 Å². The summed E-state index contributed by atoms with van der Waals surface area (Å²) in [6, 6.07) is 6.31.